The van der Waals surface area contributed by atoms with Crippen molar-refractivity contribution in [3.63, 3.8) is 0 Å². The molecule has 1 saturated heterocycles. The van der Waals surface area contributed by atoms with Crippen molar-refractivity contribution in [1.29, 1.82) is 0 Å². The van der Waals surface area contributed by atoms with Gasteiger partial charge in [-0.3, -0.25) is 19.2 Å². The van der Waals surface area contributed by atoms with Crippen LogP contribution in [-0.4, -0.2) is 49.2 Å². The molecule has 188 valence electrons. The molecule has 0 unspecified atom stereocenters. The third kappa shape index (κ3) is 4.04. The van der Waals surface area contributed by atoms with Gasteiger partial charge in [0, 0.05) is 25.8 Å². The fourth-order valence-corrected chi connectivity index (χ4v) is 8.01. The first-order valence-corrected chi connectivity index (χ1v) is 14.2. The number of ketones is 1. The average molecular weight is 678 g/mol. The molecule has 2 bridgehead atoms. The van der Waals surface area contributed by atoms with E-state index in [9.17, 15) is 19.2 Å². The zero-order valence-electron chi connectivity index (χ0n) is 18.7. The third-order valence-corrected chi connectivity index (χ3v) is 11.6. The predicted octanol–water partition coefficient (Wildman–Crippen LogP) is 6.05. The van der Waals surface area contributed by atoms with E-state index in [2.05, 4.69) is 31.9 Å². The van der Waals surface area contributed by atoms with Gasteiger partial charge in [-0.2, -0.15) is 5.01 Å². The zero-order valence-corrected chi connectivity index (χ0v) is 24.1. The van der Waals surface area contributed by atoms with E-state index in [1.807, 2.05) is 0 Å². The van der Waals surface area contributed by atoms with Crippen molar-refractivity contribution in [2.75, 3.05) is 0 Å². The molecule has 7 atom stereocenters. The summed E-state index contributed by atoms with van der Waals surface area (Å²) in [6.07, 6.45) is 0.743. The van der Waals surface area contributed by atoms with E-state index in [4.69, 9.17) is 34.8 Å². The van der Waals surface area contributed by atoms with Gasteiger partial charge in [0.05, 0.1) is 21.9 Å². The van der Waals surface area contributed by atoms with E-state index < -0.39 is 41.4 Å². The van der Waals surface area contributed by atoms with Crippen LogP contribution in [-0.2, 0) is 9.59 Å². The number of nitrogens with zero attached hydrogens (tertiary/aromatic N) is 2. The molecule has 36 heavy (non-hydrogen) atoms. The number of benzene rings is 2. The second kappa shape index (κ2) is 9.70. The summed E-state index contributed by atoms with van der Waals surface area (Å²) in [6.45, 7) is 1.50. The molecule has 1 heterocycles. The maximum absolute atomic E-state index is 13.8. The van der Waals surface area contributed by atoms with Crippen LogP contribution in [0.15, 0.2) is 42.5 Å². The minimum absolute atomic E-state index is 0.0350. The highest BCUT2D eigenvalue weighted by Crippen LogP contribution is 2.60. The van der Waals surface area contributed by atoms with Gasteiger partial charge in [-0.25, -0.2) is 5.01 Å². The predicted molar refractivity (Wildman–Crippen MR) is 144 cm³/mol. The van der Waals surface area contributed by atoms with Crippen molar-refractivity contribution in [2.24, 2.45) is 23.7 Å². The summed E-state index contributed by atoms with van der Waals surface area (Å²) in [5.41, 5.74) is 0.386. The molecule has 5 rings (SSSR count). The topological polar surface area (TPSA) is 74.8 Å². The monoisotopic (exact) mass is 674 g/mol. The van der Waals surface area contributed by atoms with E-state index in [0.717, 1.165) is 16.4 Å². The van der Waals surface area contributed by atoms with Crippen LogP contribution >= 0.6 is 66.7 Å². The van der Waals surface area contributed by atoms with Crippen molar-refractivity contribution < 1.29 is 19.2 Å². The molecular weight excluding hydrogens is 658 g/mol. The molecule has 3 amide bonds. The summed E-state index contributed by atoms with van der Waals surface area (Å²) in [5.74, 6) is -3.29. The first kappa shape index (κ1) is 26.2. The normalized spacial score (nSPS) is 29.4. The second-order valence-electron chi connectivity index (χ2n) is 9.32. The molecule has 3 fully saturated rings. The summed E-state index contributed by atoms with van der Waals surface area (Å²) >= 11 is 25.5. The second-order valence-corrected chi connectivity index (χ2v) is 12.7. The molecule has 2 saturated carbocycles. The van der Waals surface area contributed by atoms with Crippen LogP contribution in [0.5, 0.6) is 0 Å². The van der Waals surface area contributed by atoms with Crippen molar-refractivity contribution in [3.8, 4) is 0 Å². The van der Waals surface area contributed by atoms with E-state index in [-0.39, 0.29) is 37.1 Å². The van der Waals surface area contributed by atoms with Crippen LogP contribution in [0.1, 0.15) is 34.1 Å². The Morgan fingerprint density at radius 1 is 0.889 bits per heavy atom. The highest BCUT2D eigenvalue weighted by atomic mass is 79.9. The van der Waals surface area contributed by atoms with Gasteiger partial charge in [0.2, 0.25) is 0 Å². The molecule has 0 spiro atoms. The van der Waals surface area contributed by atoms with Crippen molar-refractivity contribution in [2.45, 2.75) is 29.0 Å². The van der Waals surface area contributed by atoms with E-state index in [1.165, 1.54) is 37.3 Å². The number of hydrogen-bond acceptors (Lipinski definition) is 4. The number of rotatable bonds is 5. The summed E-state index contributed by atoms with van der Waals surface area (Å²) in [4.78, 5) is 54.9. The van der Waals surface area contributed by atoms with Crippen molar-refractivity contribution in [3.05, 3.63) is 68.7 Å². The molecule has 11 heteroatoms. The fourth-order valence-electron chi connectivity index (χ4n) is 5.71. The standard InChI is InChI=1S/C25H19Br2Cl3N2O4/c1-10(22(33)11-2-5-13(28)6-3-11)31(23(34)12-4-7-16(29)17(30)8-12)32-24(35)18-14-9-15(19(18)25(32)36)21(27)20(14)26/h2-8,10,14-15,18-21H,9H2,1H3/t10-,14-,15-,18-,19+,20-,21+/m1/s1. The lowest BCUT2D eigenvalue weighted by atomic mass is 9.81. The maximum atomic E-state index is 13.8. The third-order valence-electron chi connectivity index (χ3n) is 7.43. The lowest BCUT2D eigenvalue weighted by Gasteiger charge is -2.35. The molecule has 0 N–H and O–H groups in total. The quantitative estimate of drug-likeness (QED) is 0.220. The molecule has 0 aromatic heterocycles. The lowest BCUT2D eigenvalue weighted by Crippen LogP contribution is -2.57. The first-order valence-electron chi connectivity index (χ1n) is 11.3. The molecule has 2 aromatic carbocycles. The number of carbonyl (C=O) groups excluding carboxylic acids is 4. The maximum Gasteiger partial charge on any atom is 0.273 e. The van der Waals surface area contributed by atoms with Gasteiger partial charge in [-0.1, -0.05) is 66.7 Å². The molecule has 6 nitrogen and oxygen atoms in total. The number of alkyl halides is 2. The molecule has 1 aliphatic heterocycles. The number of carbonyl (C=O) groups is 4. The van der Waals surface area contributed by atoms with Gasteiger partial charge in [-0.05, 0) is 67.6 Å². The number of hydrazine groups is 1. The largest absolute Gasteiger partial charge is 0.292 e. The van der Waals surface area contributed by atoms with Crippen LogP contribution in [0.3, 0.4) is 0 Å². The van der Waals surface area contributed by atoms with Crippen LogP contribution in [0.2, 0.25) is 15.1 Å². The van der Waals surface area contributed by atoms with E-state index >= 15 is 0 Å². The minimum atomic E-state index is -1.17. The van der Waals surface area contributed by atoms with Gasteiger partial charge in [0.25, 0.3) is 17.7 Å². The van der Waals surface area contributed by atoms with Gasteiger partial charge in [0.15, 0.2) is 5.78 Å². The molecule has 2 aromatic rings. The van der Waals surface area contributed by atoms with Gasteiger partial charge < -0.3 is 0 Å². The van der Waals surface area contributed by atoms with Crippen molar-refractivity contribution in [1.82, 2.24) is 10.0 Å². The van der Waals surface area contributed by atoms with Gasteiger partial charge in [-0.15, -0.1) is 0 Å². The number of hydrogen-bond donors (Lipinski definition) is 0. The summed E-state index contributed by atoms with van der Waals surface area (Å²) in [7, 11) is 0. The summed E-state index contributed by atoms with van der Waals surface area (Å²) < 4.78 is 0. The Morgan fingerprint density at radius 2 is 1.42 bits per heavy atom. The van der Waals surface area contributed by atoms with E-state index in [0.29, 0.717) is 10.6 Å². The summed E-state index contributed by atoms with van der Waals surface area (Å²) in [6, 6.07) is 9.29. The van der Waals surface area contributed by atoms with Crippen LogP contribution in [0.4, 0.5) is 0 Å². The number of Topliss-reactive ketones (excluding diaryl/α,β-unsaturated/α-hetero) is 1. The van der Waals surface area contributed by atoms with Crippen molar-refractivity contribution >= 4 is 90.2 Å². The number of imide groups is 1. The number of amides is 3. The lowest BCUT2D eigenvalue weighted by molar-refractivity contribution is -0.157. The Balaban J connectivity index is 1.56. The Labute approximate surface area is 239 Å². The average Bonchev–Trinajstić information content (AvgIpc) is 3.46. The number of halogens is 5. The van der Waals surface area contributed by atoms with Gasteiger partial charge in [0.1, 0.15) is 6.04 Å². The van der Waals surface area contributed by atoms with Crippen LogP contribution in [0, 0.1) is 23.7 Å². The van der Waals surface area contributed by atoms with Crippen LogP contribution in [0.25, 0.3) is 0 Å². The molecular formula is C25H19Br2Cl3N2O4. The Hall–Kier alpha value is -1.45. The molecule has 2 aliphatic carbocycles. The minimum Gasteiger partial charge on any atom is -0.292 e. The Bertz CT molecular complexity index is 1260. The zero-order chi connectivity index (χ0) is 26.0. The number of fused-ring (bicyclic) bond motifs is 5. The Morgan fingerprint density at radius 3 is 1.94 bits per heavy atom. The SMILES string of the molecule is C[C@H](C(=O)c1ccc(Cl)cc1)N(C(=O)c1ccc(Cl)c(Cl)c1)N1C(=O)[C@@H]2[C@H]3C[C@@H]([C@H](Br)[C@@H]3Br)[C@@H]2C1=O. The summed E-state index contributed by atoms with van der Waals surface area (Å²) in [5, 5.41) is 2.70. The highest BCUT2D eigenvalue weighted by molar-refractivity contribution is 9.12. The van der Waals surface area contributed by atoms with Gasteiger partial charge >= 0.3 is 0 Å². The first-order chi connectivity index (χ1) is 17.0. The molecule has 3 aliphatic rings. The molecule has 0 radical (unpaired) electrons. The Kier molecular flexibility index (Phi) is 7.05. The van der Waals surface area contributed by atoms with E-state index in [1.54, 1.807) is 12.1 Å². The smallest absolute Gasteiger partial charge is 0.273 e. The fraction of sp³-hybridized carbons (Fsp3) is 0.360. The van der Waals surface area contributed by atoms with Crippen LogP contribution < -0.4 is 0 Å². The highest BCUT2D eigenvalue weighted by Gasteiger charge is 2.68.